The van der Waals surface area contributed by atoms with Gasteiger partial charge in [-0.25, -0.2) is 13.6 Å². The second-order valence-electron chi connectivity index (χ2n) is 5.37. The molecule has 1 amide bonds. The van der Waals surface area contributed by atoms with Crippen molar-refractivity contribution in [2.45, 2.75) is 45.3 Å². The number of nitrogens with zero attached hydrogens (tertiary/aromatic N) is 1. The fourth-order valence-electron chi connectivity index (χ4n) is 1.77. The van der Waals surface area contributed by atoms with Gasteiger partial charge >= 0.3 is 12.1 Å². The molecule has 104 valence electrons. The monoisotopic (exact) mass is 265 g/mol. The van der Waals surface area contributed by atoms with Crippen molar-refractivity contribution in [3.63, 3.8) is 0 Å². The van der Waals surface area contributed by atoms with Crippen LogP contribution in [0.4, 0.5) is 13.6 Å². The molecular weight excluding hydrogens is 248 g/mol. The van der Waals surface area contributed by atoms with Crippen LogP contribution in [-0.2, 0) is 9.53 Å². The summed E-state index contributed by atoms with van der Waals surface area (Å²) >= 11 is 0. The molecule has 0 bridgehead atoms. The molecule has 0 aliphatic carbocycles. The summed E-state index contributed by atoms with van der Waals surface area (Å²) in [4.78, 5) is 23.2. The van der Waals surface area contributed by atoms with Crippen molar-refractivity contribution in [2.24, 2.45) is 5.92 Å². The highest BCUT2D eigenvalue weighted by Gasteiger charge is 2.59. The number of rotatable bonds is 1. The predicted octanol–water partition coefficient (Wildman–Crippen LogP) is 1.96. The summed E-state index contributed by atoms with van der Waals surface area (Å²) in [5.41, 5.74) is -0.812. The van der Waals surface area contributed by atoms with Crippen LogP contribution in [0.15, 0.2) is 0 Å². The lowest BCUT2D eigenvalue weighted by Gasteiger charge is -2.27. The summed E-state index contributed by atoms with van der Waals surface area (Å²) in [7, 11) is 0. The molecular formula is C11H17F2NO4. The van der Waals surface area contributed by atoms with E-state index in [1.54, 1.807) is 20.8 Å². The van der Waals surface area contributed by atoms with Gasteiger partial charge in [-0.2, -0.15) is 0 Å². The molecule has 0 spiro atoms. The van der Waals surface area contributed by atoms with Crippen molar-refractivity contribution in [3.05, 3.63) is 0 Å². The molecule has 1 heterocycles. The first-order valence-corrected chi connectivity index (χ1v) is 5.57. The first-order valence-electron chi connectivity index (χ1n) is 5.57. The van der Waals surface area contributed by atoms with Gasteiger partial charge in [0.05, 0.1) is 6.04 Å². The normalized spacial score (nSPS) is 27.1. The average Bonchev–Trinajstić information content (AvgIpc) is 2.36. The van der Waals surface area contributed by atoms with Crippen molar-refractivity contribution in [1.29, 1.82) is 0 Å². The lowest BCUT2D eigenvalue weighted by Crippen LogP contribution is -2.43. The van der Waals surface area contributed by atoms with Crippen molar-refractivity contribution in [2.75, 3.05) is 6.54 Å². The van der Waals surface area contributed by atoms with Gasteiger partial charge in [0.15, 0.2) is 0 Å². The Morgan fingerprint density at radius 2 is 1.89 bits per heavy atom. The summed E-state index contributed by atoms with van der Waals surface area (Å²) in [6, 6.07) is -1.49. The minimum absolute atomic E-state index is 0.543. The highest BCUT2D eigenvalue weighted by Crippen LogP contribution is 2.39. The highest BCUT2D eigenvalue weighted by molar-refractivity contribution is 5.76. The Bertz CT molecular complexity index is 365. The fraction of sp³-hybridized carbons (Fsp3) is 0.818. The van der Waals surface area contributed by atoms with E-state index in [1.807, 2.05) is 0 Å². The smallest absolute Gasteiger partial charge is 0.410 e. The number of likely N-dealkylation sites (tertiary alicyclic amines) is 1. The van der Waals surface area contributed by atoms with Crippen LogP contribution in [0.25, 0.3) is 0 Å². The number of carbonyl (C=O) groups is 2. The van der Waals surface area contributed by atoms with Gasteiger partial charge in [-0.05, 0) is 27.7 Å². The molecule has 1 fully saturated rings. The van der Waals surface area contributed by atoms with Gasteiger partial charge in [-0.1, -0.05) is 0 Å². The lowest BCUT2D eigenvalue weighted by molar-refractivity contribution is -0.153. The van der Waals surface area contributed by atoms with Gasteiger partial charge < -0.3 is 9.84 Å². The molecule has 5 nitrogen and oxygen atoms in total. The number of halogens is 2. The Hall–Kier alpha value is -1.40. The van der Waals surface area contributed by atoms with Crippen LogP contribution in [0.1, 0.15) is 27.7 Å². The first-order chi connectivity index (χ1) is 7.97. The summed E-state index contributed by atoms with van der Waals surface area (Å²) in [6.07, 6.45) is -0.918. The Balaban J connectivity index is 2.88. The van der Waals surface area contributed by atoms with Gasteiger partial charge in [-0.3, -0.25) is 9.69 Å². The molecule has 1 aliphatic heterocycles. The van der Waals surface area contributed by atoms with Crippen LogP contribution in [0, 0.1) is 5.92 Å². The third-order valence-corrected chi connectivity index (χ3v) is 2.79. The van der Waals surface area contributed by atoms with Gasteiger partial charge in [0, 0.05) is 6.54 Å². The Kier molecular flexibility index (Phi) is 3.56. The van der Waals surface area contributed by atoms with Gasteiger partial charge in [-0.15, -0.1) is 0 Å². The predicted molar refractivity (Wildman–Crippen MR) is 58.5 cm³/mol. The molecule has 2 unspecified atom stereocenters. The van der Waals surface area contributed by atoms with Crippen LogP contribution in [0.3, 0.4) is 0 Å². The number of alkyl halides is 2. The molecule has 18 heavy (non-hydrogen) atoms. The quantitative estimate of drug-likeness (QED) is 0.787. The molecule has 1 aliphatic rings. The molecule has 0 radical (unpaired) electrons. The molecule has 0 aromatic rings. The van der Waals surface area contributed by atoms with Gasteiger partial charge in [0.25, 0.3) is 5.92 Å². The minimum Gasteiger partial charge on any atom is -0.481 e. The summed E-state index contributed by atoms with van der Waals surface area (Å²) in [5.74, 6) is -6.96. The maximum Gasteiger partial charge on any atom is 0.410 e. The fourth-order valence-corrected chi connectivity index (χ4v) is 1.77. The second kappa shape index (κ2) is 4.37. The maximum atomic E-state index is 13.7. The number of ether oxygens (including phenoxy) is 1. The third-order valence-electron chi connectivity index (χ3n) is 2.79. The number of carboxylic acids is 1. The second-order valence-corrected chi connectivity index (χ2v) is 5.37. The van der Waals surface area contributed by atoms with Crippen molar-refractivity contribution < 1.29 is 28.2 Å². The average molecular weight is 265 g/mol. The number of aliphatic carboxylic acids is 1. The highest BCUT2D eigenvalue weighted by atomic mass is 19.3. The molecule has 0 aromatic heterocycles. The standard InChI is InChI=1S/C11H17F2NO4/c1-6-11(12,13)7(8(15)16)5-14(6)9(17)18-10(2,3)4/h6-7H,5H2,1-4H3,(H,15,16). The minimum atomic E-state index is -3.46. The Morgan fingerprint density at radius 1 is 1.39 bits per heavy atom. The van der Waals surface area contributed by atoms with E-state index >= 15 is 0 Å². The number of carbonyl (C=O) groups excluding carboxylic acids is 1. The SMILES string of the molecule is CC1N(C(=O)OC(C)(C)C)CC(C(=O)O)C1(F)F. The number of amides is 1. The molecule has 1 saturated heterocycles. The molecule has 7 heteroatoms. The molecule has 1 N–H and O–H groups in total. The van der Waals surface area contributed by atoms with E-state index in [0.29, 0.717) is 0 Å². The first kappa shape index (κ1) is 14.7. The Morgan fingerprint density at radius 3 is 2.22 bits per heavy atom. The maximum absolute atomic E-state index is 13.7. The topological polar surface area (TPSA) is 66.8 Å². The van der Waals surface area contributed by atoms with Crippen LogP contribution < -0.4 is 0 Å². The van der Waals surface area contributed by atoms with E-state index in [0.717, 1.165) is 11.8 Å². The molecule has 1 rings (SSSR count). The van der Waals surface area contributed by atoms with Crippen LogP contribution in [0.5, 0.6) is 0 Å². The number of hydrogen-bond donors (Lipinski definition) is 1. The summed E-state index contributed by atoms with van der Waals surface area (Å²) in [5, 5.41) is 8.74. The summed E-state index contributed by atoms with van der Waals surface area (Å²) < 4.78 is 32.3. The van der Waals surface area contributed by atoms with E-state index in [1.165, 1.54) is 0 Å². The zero-order valence-electron chi connectivity index (χ0n) is 10.7. The Labute approximate surface area is 104 Å². The van der Waals surface area contributed by atoms with Crippen LogP contribution in [-0.4, -0.2) is 46.2 Å². The largest absolute Gasteiger partial charge is 0.481 e. The van der Waals surface area contributed by atoms with Gasteiger partial charge in [0.2, 0.25) is 0 Å². The van der Waals surface area contributed by atoms with Crippen molar-refractivity contribution in [3.8, 4) is 0 Å². The van der Waals surface area contributed by atoms with Crippen LogP contribution in [0.2, 0.25) is 0 Å². The third kappa shape index (κ3) is 2.70. The van der Waals surface area contributed by atoms with Crippen LogP contribution >= 0.6 is 0 Å². The van der Waals surface area contributed by atoms with E-state index < -0.39 is 42.1 Å². The van der Waals surface area contributed by atoms with E-state index in [9.17, 15) is 18.4 Å². The summed E-state index contributed by atoms with van der Waals surface area (Å²) in [6.45, 7) is 5.40. The molecule has 2 atom stereocenters. The van der Waals surface area contributed by atoms with E-state index in [2.05, 4.69) is 0 Å². The molecule has 0 aromatic carbocycles. The van der Waals surface area contributed by atoms with Gasteiger partial charge in [0.1, 0.15) is 11.5 Å². The van der Waals surface area contributed by atoms with E-state index in [-0.39, 0.29) is 0 Å². The zero-order valence-corrected chi connectivity index (χ0v) is 10.7. The number of carboxylic acid groups (broad SMARTS) is 1. The molecule has 0 saturated carbocycles. The number of hydrogen-bond acceptors (Lipinski definition) is 3. The lowest BCUT2D eigenvalue weighted by atomic mass is 10.0. The van der Waals surface area contributed by atoms with E-state index in [4.69, 9.17) is 9.84 Å². The zero-order chi connectivity index (χ0) is 14.3. The van der Waals surface area contributed by atoms with Crippen molar-refractivity contribution in [1.82, 2.24) is 4.90 Å². The van der Waals surface area contributed by atoms with Crippen molar-refractivity contribution >= 4 is 12.1 Å².